The van der Waals surface area contributed by atoms with Gasteiger partial charge in [0.1, 0.15) is 18.1 Å². The van der Waals surface area contributed by atoms with Crippen LogP contribution in [0.4, 0.5) is 5.69 Å². The van der Waals surface area contributed by atoms with Crippen LogP contribution < -0.4 is 15.1 Å². The van der Waals surface area contributed by atoms with Gasteiger partial charge in [0.05, 0.1) is 35.3 Å². The van der Waals surface area contributed by atoms with Gasteiger partial charge in [0, 0.05) is 5.92 Å². The molecule has 7 rings (SSSR count). The number of anilines is 1. The number of phenols is 1. The van der Waals surface area contributed by atoms with Crippen molar-refractivity contribution in [2.45, 2.75) is 25.4 Å². The molecule has 0 bridgehead atoms. The van der Waals surface area contributed by atoms with E-state index in [4.69, 9.17) is 21.1 Å². The lowest BCUT2D eigenvalue weighted by Crippen LogP contribution is -2.36. The van der Waals surface area contributed by atoms with Gasteiger partial charge >= 0.3 is 7.12 Å². The van der Waals surface area contributed by atoms with Gasteiger partial charge in [-0.25, -0.2) is 0 Å². The SMILES string of the molecule is O=C1[C@@H]2[C@@H](CC(COc3ccccc3)=C3[C@@H](CC/C(=C/c4ccc(O)cc4Cl)c4ccccc4)OC[C@@H]32)C(=O)N1c1cccc(B(O)O)c1. The fourth-order valence-electron chi connectivity index (χ4n) is 7.43. The van der Waals surface area contributed by atoms with Gasteiger partial charge in [0.25, 0.3) is 0 Å². The minimum Gasteiger partial charge on any atom is -0.508 e. The van der Waals surface area contributed by atoms with Crippen LogP contribution in [-0.2, 0) is 14.3 Å². The number of rotatable bonds is 10. The van der Waals surface area contributed by atoms with Crippen LogP contribution in [0, 0.1) is 17.8 Å². The van der Waals surface area contributed by atoms with E-state index in [2.05, 4.69) is 0 Å². The number of halogens is 1. The summed E-state index contributed by atoms with van der Waals surface area (Å²) in [7, 11) is -1.73. The Morgan fingerprint density at radius 2 is 1.67 bits per heavy atom. The number of aromatic hydroxyl groups is 1. The topological polar surface area (TPSA) is 117 Å². The second-order valence-corrected chi connectivity index (χ2v) is 13.1. The first-order valence-electron chi connectivity index (χ1n) is 16.4. The predicted octanol–water partition coefficient (Wildman–Crippen LogP) is 5.65. The molecule has 8 nitrogen and oxygen atoms in total. The number of hydrogen-bond acceptors (Lipinski definition) is 7. The maximum Gasteiger partial charge on any atom is 0.488 e. The van der Waals surface area contributed by atoms with Crippen LogP contribution >= 0.6 is 11.6 Å². The summed E-state index contributed by atoms with van der Waals surface area (Å²) in [6.45, 7) is 0.559. The highest BCUT2D eigenvalue weighted by Gasteiger charge is 2.57. The van der Waals surface area contributed by atoms with E-state index < -0.39 is 19.0 Å². The molecule has 4 atom stereocenters. The molecule has 0 aromatic heterocycles. The summed E-state index contributed by atoms with van der Waals surface area (Å²) in [5, 5.41) is 29.8. The molecule has 2 fully saturated rings. The van der Waals surface area contributed by atoms with E-state index in [0.717, 1.165) is 27.8 Å². The molecule has 248 valence electrons. The van der Waals surface area contributed by atoms with Crippen LogP contribution in [0.3, 0.4) is 0 Å². The third kappa shape index (κ3) is 6.67. The van der Waals surface area contributed by atoms with Crippen LogP contribution in [0.2, 0.25) is 5.02 Å². The lowest BCUT2D eigenvalue weighted by molar-refractivity contribution is -0.122. The van der Waals surface area contributed by atoms with Gasteiger partial charge in [-0.1, -0.05) is 72.3 Å². The Morgan fingerprint density at radius 3 is 2.41 bits per heavy atom. The number of benzene rings is 4. The van der Waals surface area contributed by atoms with E-state index >= 15 is 0 Å². The molecule has 0 unspecified atom stereocenters. The van der Waals surface area contributed by atoms with Crippen molar-refractivity contribution in [3.05, 3.63) is 130 Å². The molecule has 2 amide bonds. The second-order valence-electron chi connectivity index (χ2n) is 12.7. The molecule has 2 aliphatic heterocycles. The molecule has 4 aromatic rings. The Balaban J connectivity index is 1.21. The van der Waals surface area contributed by atoms with Crippen LogP contribution in [-0.4, -0.2) is 53.4 Å². The van der Waals surface area contributed by atoms with Crippen molar-refractivity contribution in [2.75, 3.05) is 18.1 Å². The molecule has 3 aliphatic rings. The number of phenolic OH excluding ortho intramolecular Hbond substituents is 1. The molecular formula is C39H35BClNO7. The van der Waals surface area contributed by atoms with Gasteiger partial charge in [-0.15, -0.1) is 0 Å². The molecule has 2 heterocycles. The number of nitrogens with zero attached hydrogens (tertiary/aromatic N) is 1. The largest absolute Gasteiger partial charge is 0.508 e. The van der Waals surface area contributed by atoms with E-state index in [0.29, 0.717) is 42.3 Å². The number of carbonyl (C=O) groups excluding carboxylic acids is 2. The van der Waals surface area contributed by atoms with E-state index in [1.807, 2.05) is 66.7 Å². The first-order valence-corrected chi connectivity index (χ1v) is 16.8. The Hall–Kier alpha value is -4.67. The molecule has 0 saturated carbocycles. The quantitative estimate of drug-likeness (QED) is 0.0862. The smallest absolute Gasteiger partial charge is 0.488 e. The summed E-state index contributed by atoms with van der Waals surface area (Å²) in [4.78, 5) is 29.3. The summed E-state index contributed by atoms with van der Waals surface area (Å²) < 4.78 is 12.7. The molecule has 0 radical (unpaired) electrons. The number of fused-ring (bicyclic) bond motifs is 3. The molecule has 49 heavy (non-hydrogen) atoms. The molecule has 0 spiro atoms. The average Bonchev–Trinajstić information content (AvgIpc) is 3.65. The zero-order valence-electron chi connectivity index (χ0n) is 26.6. The van der Waals surface area contributed by atoms with Crippen LogP contribution in [0.25, 0.3) is 11.6 Å². The van der Waals surface area contributed by atoms with Crippen LogP contribution in [0.1, 0.15) is 30.4 Å². The summed E-state index contributed by atoms with van der Waals surface area (Å²) >= 11 is 6.50. The minimum atomic E-state index is -1.73. The van der Waals surface area contributed by atoms with Crippen LogP contribution in [0.15, 0.2) is 114 Å². The summed E-state index contributed by atoms with van der Waals surface area (Å²) in [5.41, 5.74) is 5.37. The normalized spacial score (nSPS) is 21.9. The van der Waals surface area contributed by atoms with Crippen molar-refractivity contribution in [3.63, 3.8) is 0 Å². The molecule has 1 aliphatic carbocycles. The average molecular weight is 676 g/mol. The van der Waals surface area contributed by atoms with Crippen molar-refractivity contribution in [1.29, 1.82) is 0 Å². The van der Waals surface area contributed by atoms with Gasteiger partial charge in [-0.05, 0) is 101 Å². The molecule has 4 aromatic carbocycles. The summed E-state index contributed by atoms with van der Waals surface area (Å²) in [6, 6.07) is 30.7. The molecule has 2 saturated heterocycles. The van der Waals surface area contributed by atoms with Crippen molar-refractivity contribution in [1.82, 2.24) is 0 Å². The van der Waals surface area contributed by atoms with Crippen LogP contribution in [0.5, 0.6) is 11.5 Å². The first-order chi connectivity index (χ1) is 23.8. The van der Waals surface area contributed by atoms with Crippen molar-refractivity contribution in [3.8, 4) is 11.5 Å². The maximum absolute atomic E-state index is 14.1. The predicted molar refractivity (Wildman–Crippen MR) is 189 cm³/mol. The number of para-hydroxylation sites is 1. The van der Waals surface area contributed by atoms with E-state index in [9.17, 15) is 24.7 Å². The lowest BCUT2D eigenvalue weighted by Gasteiger charge is -2.31. The number of carbonyl (C=O) groups is 2. The third-order valence-electron chi connectivity index (χ3n) is 9.73. The Bertz CT molecular complexity index is 1930. The number of allylic oxidation sites excluding steroid dienone is 1. The van der Waals surface area contributed by atoms with Gasteiger partial charge in [0.2, 0.25) is 11.8 Å². The highest BCUT2D eigenvalue weighted by Crippen LogP contribution is 2.51. The van der Waals surface area contributed by atoms with Gasteiger partial charge in [0.15, 0.2) is 0 Å². The lowest BCUT2D eigenvalue weighted by atomic mass is 9.69. The fraction of sp³-hybridized carbons (Fsp3) is 0.231. The summed E-state index contributed by atoms with van der Waals surface area (Å²) in [5.74, 6) is -1.30. The standard InChI is InChI=1S/C39H35BClNO7/c41-34-21-30(43)16-14-26(34)18-25(24-8-3-1-4-9-24)15-17-35-36-27(22-48-31-12-5-2-6-13-31)19-32-37(33(36)23-49-35)39(45)42(38(32)44)29-11-7-10-28(20-29)40(46)47/h1-14,16,18,20-21,32-33,35,37,43,46-47H,15,17,19,22-23H2/b25-18-/t32-,33+,35-,37-/m1/s1. The van der Waals surface area contributed by atoms with Crippen molar-refractivity contribution < 1.29 is 34.2 Å². The number of amides is 2. The summed E-state index contributed by atoms with van der Waals surface area (Å²) in [6.07, 6.45) is 3.35. The molecule has 3 N–H and O–H groups in total. The second kappa shape index (κ2) is 14.1. The number of ether oxygens (including phenoxy) is 2. The Labute approximate surface area is 290 Å². The van der Waals surface area contributed by atoms with Gasteiger partial charge in [-0.2, -0.15) is 0 Å². The van der Waals surface area contributed by atoms with E-state index in [1.165, 1.54) is 23.1 Å². The third-order valence-corrected chi connectivity index (χ3v) is 10.1. The number of hydrogen-bond donors (Lipinski definition) is 3. The molecule has 10 heteroatoms. The van der Waals surface area contributed by atoms with Gasteiger partial charge in [-0.3, -0.25) is 14.5 Å². The van der Waals surface area contributed by atoms with Gasteiger partial charge < -0.3 is 24.6 Å². The zero-order chi connectivity index (χ0) is 34.1. The Morgan fingerprint density at radius 1 is 0.918 bits per heavy atom. The first kappa shape index (κ1) is 32.9. The molecular weight excluding hydrogens is 641 g/mol. The number of imide groups is 1. The maximum atomic E-state index is 14.1. The minimum absolute atomic E-state index is 0.0961. The fourth-order valence-corrected chi connectivity index (χ4v) is 7.66. The highest BCUT2D eigenvalue weighted by atomic mass is 35.5. The monoisotopic (exact) mass is 675 g/mol. The Kier molecular flexibility index (Phi) is 9.43. The zero-order valence-corrected chi connectivity index (χ0v) is 27.4. The highest BCUT2D eigenvalue weighted by molar-refractivity contribution is 6.58. The van der Waals surface area contributed by atoms with E-state index in [1.54, 1.807) is 24.3 Å². The van der Waals surface area contributed by atoms with Crippen molar-refractivity contribution in [2.24, 2.45) is 17.8 Å². The van der Waals surface area contributed by atoms with Crippen molar-refractivity contribution >= 4 is 53.3 Å². The van der Waals surface area contributed by atoms with E-state index in [-0.39, 0.29) is 41.7 Å².